The minimum atomic E-state index is -0.805. The molecule has 2 N–H and O–H groups in total. The number of amides is 2. The van der Waals surface area contributed by atoms with Crippen molar-refractivity contribution in [1.29, 1.82) is 0 Å². The lowest BCUT2D eigenvalue weighted by Gasteiger charge is -2.23. The predicted octanol–water partition coefficient (Wildman–Crippen LogP) is 1.13. The second-order valence-corrected chi connectivity index (χ2v) is 5.48. The Morgan fingerprint density at radius 3 is 2.95 bits per heavy atom. The van der Waals surface area contributed by atoms with Gasteiger partial charge in [0.25, 0.3) is 0 Å². The summed E-state index contributed by atoms with van der Waals surface area (Å²) in [5.74, 6) is -0.634. The first-order chi connectivity index (χ1) is 9.56. The van der Waals surface area contributed by atoms with Crippen molar-refractivity contribution >= 4 is 12.0 Å². The van der Waals surface area contributed by atoms with Gasteiger partial charge < -0.3 is 19.8 Å². The Morgan fingerprint density at radius 1 is 1.55 bits per heavy atom. The average Bonchev–Trinajstić information content (AvgIpc) is 3.09. The van der Waals surface area contributed by atoms with Crippen molar-refractivity contribution in [1.82, 2.24) is 15.4 Å². The number of fused-ring (bicyclic) bond motifs is 2. The summed E-state index contributed by atoms with van der Waals surface area (Å²) in [6.07, 6.45) is 2.23. The van der Waals surface area contributed by atoms with Gasteiger partial charge in [-0.2, -0.15) is 0 Å². The molecule has 0 spiro atoms. The molecule has 20 heavy (non-hydrogen) atoms. The number of hydrogen-bond donors (Lipinski definition) is 2. The van der Waals surface area contributed by atoms with Crippen LogP contribution in [0.15, 0.2) is 10.6 Å². The normalized spacial score (nSPS) is 27.9. The Bertz CT molecular complexity index is 541. The molecule has 2 aliphatic heterocycles. The van der Waals surface area contributed by atoms with Crippen LogP contribution in [0, 0.1) is 12.8 Å². The average molecular weight is 279 g/mol. The van der Waals surface area contributed by atoms with Crippen molar-refractivity contribution in [3.05, 3.63) is 17.5 Å². The highest BCUT2D eigenvalue weighted by atomic mass is 16.5. The number of rotatable bonds is 3. The van der Waals surface area contributed by atoms with E-state index in [1.807, 2.05) is 6.92 Å². The van der Waals surface area contributed by atoms with Crippen LogP contribution >= 0.6 is 0 Å². The third-order valence-corrected chi connectivity index (χ3v) is 4.18. The molecule has 3 heterocycles. The van der Waals surface area contributed by atoms with Gasteiger partial charge in [0.05, 0.1) is 18.2 Å². The van der Waals surface area contributed by atoms with Gasteiger partial charge in [-0.3, -0.25) is 4.79 Å². The minimum Gasteiger partial charge on any atom is -0.481 e. The number of carboxylic acid groups (broad SMARTS) is 1. The first-order valence-corrected chi connectivity index (χ1v) is 6.77. The summed E-state index contributed by atoms with van der Waals surface area (Å²) in [6, 6.07) is 1.43. The Balaban J connectivity index is 1.62. The highest BCUT2D eigenvalue weighted by Crippen LogP contribution is 2.41. The van der Waals surface area contributed by atoms with Crippen LogP contribution in [0.25, 0.3) is 0 Å². The van der Waals surface area contributed by atoms with Gasteiger partial charge in [0.2, 0.25) is 0 Å². The van der Waals surface area contributed by atoms with Gasteiger partial charge in [-0.05, 0) is 26.2 Å². The van der Waals surface area contributed by atoms with E-state index >= 15 is 0 Å². The lowest BCUT2D eigenvalue weighted by atomic mass is 9.89. The summed E-state index contributed by atoms with van der Waals surface area (Å²) >= 11 is 0. The van der Waals surface area contributed by atoms with Crippen LogP contribution in [0.5, 0.6) is 0 Å². The van der Waals surface area contributed by atoms with Crippen LogP contribution in [0.1, 0.15) is 30.7 Å². The van der Waals surface area contributed by atoms with Crippen molar-refractivity contribution in [2.45, 2.75) is 44.8 Å². The van der Waals surface area contributed by atoms with E-state index in [4.69, 9.17) is 9.63 Å². The maximum absolute atomic E-state index is 12.2. The van der Waals surface area contributed by atoms with Gasteiger partial charge in [-0.15, -0.1) is 0 Å². The number of carbonyl (C=O) groups is 2. The quantitative estimate of drug-likeness (QED) is 0.864. The third-order valence-electron chi connectivity index (χ3n) is 4.18. The van der Waals surface area contributed by atoms with Gasteiger partial charge in [0.15, 0.2) is 5.76 Å². The number of nitrogens with zero attached hydrogens (tertiary/aromatic N) is 2. The highest BCUT2D eigenvalue weighted by molar-refractivity contribution is 5.79. The molecule has 2 aliphatic rings. The third kappa shape index (κ3) is 2.13. The number of urea groups is 1. The second-order valence-electron chi connectivity index (χ2n) is 5.48. The molecule has 1 aromatic rings. The number of hydrogen-bond acceptors (Lipinski definition) is 4. The maximum atomic E-state index is 12.2. The molecule has 0 saturated carbocycles. The SMILES string of the molecule is Cc1cc(CNC(=O)N2C3CCC2C(C(=O)O)C3)on1. The zero-order valence-corrected chi connectivity index (χ0v) is 11.2. The molecular weight excluding hydrogens is 262 g/mol. The van der Waals surface area contributed by atoms with Crippen LogP contribution in [-0.2, 0) is 11.3 Å². The van der Waals surface area contributed by atoms with E-state index < -0.39 is 11.9 Å². The first kappa shape index (κ1) is 13.0. The number of carboxylic acids is 1. The Kier molecular flexibility index (Phi) is 3.11. The van der Waals surface area contributed by atoms with Crippen molar-refractivity contribution in [3.63, 3.8) is 0 Å². The molecule has 108 valence electrons. The Morgan fingerprint density at radius 2 is 2.35 bits per heavy atom. The summed E-state index contributed by atoms with van der Waals surface area (Å²) < 4.78 is 5.03. The van der Waals surface area contributed by atoms with Gasteiger partial charge in [-0.25, -0.2) is 4.79 Å². The smallest absolute Gasteiger partial charge is 0.318 e. The molecular formula is C13H17N3O4. The lowest BCUT2D eigenvalue weighted by molar-refractivity contribution is -0.142. The van der Waals surface area contributed by atoms with E-state index in [1.165, 1.54) is 0 Å². The minimum absolute atomic E-state index is 0.0533. The molecule has 0 aliphatic carbocycles. The van der Waals surface area contributed by atoms with Gasteiger partial charge in [0.1, 0.15) is 0 Å². The fourth-order valence-corrected chi connectivity index (χ4v) is 3.32. The lowest BCUT2D eigenvalue weighted by Crippen LogP contribution is -2.43. The van der Waals surface area contributed by atoms with Crippen LogP contribution in [0.3, 0.4) is 0 Å². The molecule has 3 rings (SSSR count). The summed E-state index contributed by atoms with van der Waals surface area (Å²) in [7, 11) is 0. The first-order valence-electron chi connectivity index (χ1n) is 6.77. The van der Waals surface area contributed by atoms with Crippen molar-refractivity contribution in [3.8, 4) is 0 Å². The fourth-order valence-electron chi connectivity index (χ4n) is 3.32. The van der Waals surface area contributed by atoms with Crippen molar-refractivity contribution in [2.24, 2.45) is 5.92 Å². The molecule has 2 bridgehead atoms. The maximum Gasteiger partial charge on any atom is 0.318 e. The van der Waals surface area contributed by atoms with Crippen LogP contribution in [0.2, 0.25) is 0 Å². The molecule has 7 nitrogen and oxygen atoms in total. The summed E-state index contributed by atoms with van der Waals surface area (Å²) in [6.45, 7) is 2.08. The molecule has 1 aromatic heterocycles. The topological polar surface area (TPSA) is 95.7 Å². The molecule has 0 aromatic carbocycles. The van der Waals surface area contributed by atoms with E-state index in [-0.39, 0.29) is 24.7 Å². The standard InChI is InChI=1S/C13H17N3O4/c1-7-4-9(20-15-7)6-14-13(19)16-8-2-3-11(16)10(5-8)12(17)18/h4,8,10-11H,2-3,5-6H2,1H3,(H,14,19)(H,17,18). The molecule has 3 unspecified atom stereocenters. The second kappa shape index (κ2) is 4.81. The highest BCUT2D eigenvalue weighted by Gasteiger charge is 2.51. The summed E-state index contributed by atoms with van der Waals surface area (Å²) in [5, 5.41) is 15.7. The van der Waals surface area contributed by atoms with E-state index in [9.17, 15) is 9.59 Å². The van der Waals surface area contributed by atoms with Gasteiger partial charge in [-0.1, -0.05) is 5.16 Å². The van der Waals surface area contributed by atoms with Crippen LogP contribution < -0.4 is 5.32 Å². The van der Waals surface area contributed by atoms with Crippen LogP contribution in [0.4, 0.5) is 4.79 Å². The van der Waals surface area contributed by atoms with Gasteiger partial charge in [0, 0.05) is 18.2 Å². The number of aryl methyl sites for hydroxylation is 1. The Labute approximate surface area is 115 Å². The van der Waals surface area contributed by atoms with E-state index in [0.717, 1.165) is 18.5 Å². The van der Waals surface area contributed by atoms with Crippen molar-refractivity contribution < 1.29 is 19.2 Å². The van der Waals surface area contributed by atoms with Crippen LogP contribution in [-0.4, -0.2) is 39.2 Å². The summed E-state index contributed by atoms with van der Waals surface area (Å²) in [5.41, 5.74) is 0.765. The molecule has 2 fully saturated rings. The van der Waals surface area contributed by atoms with E-state index in [1.54, 1.807) is 11.0 Å². The van der Waals surface area contributed by atoms with Gasteiger partial charge >= 0.3 is 12.0 Å². The molecule has 7 heteroatoms. The fraction of sp³-hybridized carbons (Fsp3) is 0.615. The Hall–Kier alpha value is -2.05. The number of nitrogens with one attached hydrogen (secondary N) is 1. The predicted molar refractivity (Wildman–Crippen MR) is 67.9 cm³/mol. The molecule has 2 saturated heterocycles. The monoisotopic (exact) mass is 279 g/mol. The summed E-state index contributed by atoms with van der Waals surface area (Å²) in [4.78, 5) is 25.1. The van der Waals surface area contributed by atoms with E-state index in [0.29, 0.717) is 12.2 Å². The largest absolute Gasteiger partial charge is 0.481 e. The molecule has 3 atom stereocenters. The zero-order chi connectivity index (χ0) is 14.3. The number of carbonyl (C=O) groups excluding carboxylic acids is 1. The zero-order valence-electron chi connectivity index (χ0n) is 11.2. The molecule has 0 radical (unpaired) electrons. The molecule has 2 amide bonds. The van der Waals surface area contributed by atoms with E-state index in [2.05, 4.69) is 10.5 Å². The number of aliphatic carboxylic acids is 1. The number of aromatic nitrogens is 1. The van der Waals surface area contributed by atoms with Crippen molar-refractivity contribution in [2.75, 3.05) is 0 Å².